The predicted octanol–water partition coefficient (Wildman–Crippen LogP) is 4.70. The summed E-state index contributed by atoms with van der Waals surface area (Å²) in [5.74, 6) is 2.16. The minimum absolute atomic E-state index is 0.546. The Labute approximate surface area is 148 Å². The van der Waals surface area contributed by atoms with Crippen LogP contribution in [0.5, 0.6) is 5.75 Å². The molecule has 0 amide bonds. The third kappa shape index (κ3) is 4.07. The molecule has 0 saturated heterocycles. The predicted molar refractivity (Wildman–Crippen MR) is 102 cm³/mol. The number of nitrogens with zero attached hydrogens (tertiary/aromatic N) is 3. The molecule has 2 aromatic carbocycles. The maximum Gasteiger partial charge on any atom is 0.229 e. The van der Waals surface area contributed by atoms with Gasteiger partial charge in [0, 0.05) is 24.5 Å². The van der Waals surface area contributed by atoms with Gasteiger partial charge in [0.2, 0.25) is 5.95 Å². The molecular weight excluding hydrogens is 312 g/mol. The third-order valence-corrected chi connectivity index (χ3v) is 3.76. The summed E-state index contributed by atoms with van der Waals surface area (Å²) < 4.78 is 5.66. The van der Waals surface area contributed by atoms with Gasteiger partial charge in [-0.05, 0) is 38.1 Å². The van der Waals surface area contributed by atoms with Crippen LogP contribution in [0, 0.1) is 6.92 Å². The van der Waals surface area contributed by atoms with Gasteiger partial charge < -0.3 is 15.0 Å². The smallest absolute Gasteiger partial charge is 0.229 e. The van der Waals surface area contributed by atoms with Crippen LogP contribution in [-0.4, -0.2) is 23.6 Å². The van der Waals surface area contributed by atoms with E-state index < -0.39 is 0 Å². The first-order chi connectivity index (χ1) is 12.2. The van der Waals surface area contributed by atoms with Crippen LogP contribution in [0.15, 0.2) is 60.7 Å². The number of aryl methyl sites for hydroxylation is 1. The number of benzene rings is 2. The minimum Gasteiger partial charge on any atom is -0.492 e. The van der Waals surface area contributed by atoms with E-state index in [4.69, 9.17) is 4.74 Å². The molecule has 5 heteroatoms. The van der Waals surface area contributed by atoms with Crippen molar-refractivity contribution in [3.8, 4) is 5.75 Å². The fraction of sp³-hybridized carbons (Fsp3) is 0.200. The van der Waals surface area contributed by atoms with E-state index in [2.05, 4.69) is 27.4 Å². The highest BCUT2D eigenvalue weighted by atomic mass is 16.5. The molecule has 0 saturated carbocycles. The zero-order valence-corrected chi connectivity index (χ0v) is 14.7. The van der Waals surface area contributed by atoms with E-state index in [1.54, 1.807) is 0 Å². The number of aromatic nitrogens is 2. The summed E-state index contributed by atoms with van der Waals surface area (Å²) in [6.07, 6.45) is 0. The average molecular weight is 334 g/mol. The van der Waals surface area contributed by atoms with E-state index in [0.717, 1.165) is 28.6 Å². The van der Waals surface area contributed by atoms with Gasteiger partial charge in [0.15, 0.2) is 0 Å². The van der Waals surface area contributed by atoms with Crippen molar-refractivity contribution in [2.45, 2.75) is 13.8 Å². The normalized spacial score (nSPS) is 10.4. The van der Waals surface area contributed by atoms with Crippen molar-refractivity contribution in [2.24, 2.45) is 0 Å². The van der Waals surface area contributed by atoms with Gasteiger partial charge in [-0.1, -0.05) is 30.3 Å². The number of hydrogen-bond donors (Lipinski definition) is 1. The first-order valence-electron chi connectivity index (χ1n) is 8.30. The van der Waals surface area contributed by atoms with Gasteiger partial charge in [-0.25, -0.2) is 4.98 Å². The number of para-hydroxylation sites is 3. The summed E-state index contributed by atoms with van der Waals surface area (Å²) in [7, 11) is 2.00. The van der Waals surface area contributed by atoms with Crippen molar-refractivity contribution in [1.82, 2.24) is 9.97 Å². The summed E-state index contributed by atoms with van der Waals surface area (Å²) in [5, 5.41) is 3.27. The van der Waals surface area contributed by atoms with Crippen molar-refractivity contribution >= 4 is 23.1 Å². The van der Waals surface area contributed by atoms with Gasteiger partial charge in [0.1, 0.15) is 11.6 Å². The van der Waals surface area contributed by atoms with Crippen molar-refractivity contribution < 1.29 is 4.74 Å². The molecule has 1 aromatic heterocycles. The Hall–Kier alpha value is -3.08. The number of rotatable bonds is 6. The van der Waals surface area contributed by atoms with Crippen molar-refractivity contribution in [2.75, 3.05) is 23.9 Å². The van der Waals surface area contributed by atoms with Crippen LogP contribution in [0.2, 0.25) is 0 Å². The molecular formula is C20H22N4O. The van der Waals surface area contributed by atoms with E-state index in [9.17, 15) is 0 Å². The van der Waals surface area contributed by atoms with E-state index in [-0.39, 0.29) is 0 Å². The summed E-state index contributed by atoms with van der Waals surface area (Å²) >= 11 is 0. The first kappa shape index (κ1) is 16.8. The SMILES string of the molecule is CCOc1ccccc1Nc1nc(C)cc(N(C)c2ccccc2)n1. The van der Waals surface area contributed by atoms with Crippen LogP contribution in [-0.2, 0) is 0 Å². The van der Waals surface area contributed by atoms with Crippen LogP contribution in [0.1, 0.15) is 12.6 Å². The molecule has 128 valence electrons. The number of ether oxygens (including phenoxy) is 1. The molecule has 0 spiro atoms. The van der Waals surface area contributed by atoms with Crippen LogP contribution >= 0.6 is 0 Å². The monoisotopic (exact) mass is 334 g/mol. The molecule has 3 rings (SSSR count). The number of nitrogens with one attached hydrogen (secondary N) is 1. The van der Waals surface area contributed by atoms with E-state index in [0.29, 0.717) is 12.6 Å². The maximum absolute atomic E-state index is 5.66. The van der Waals surface area contributed by atoms with Gasteiger partial charge in [-0.15, -0.1) is 0 Å². The Balaban J connectivity index is 1.90. The zero-order chi connectivity index (χ0) is 17.6. The molecule has 25 heavy (non-hydrogen) atoms. The van der Waals surface area contributed by atoms with Crippen molar-refractivity contribution in [3.05, 3.63) is 66.4 Å². The largest absolute Gasteiger partial charge is 0.492 e. The number of hydrogen-bond acceptors (Lipinski definition) is 5. The highest BCUT2D eigenvalue weighted by Crippen LogP contribution is 2.28. The van der Waals surface area contributed by atoms with E-state index in [1.165, 1.54) is 0 Å². The van der Waals surface area contributed by atoms with Gasteiger partial charge in [-0.2, -0.15) is 4.98 Å². The molecule has 3 aromatic rings. The minimum atomic E-state index is 0.546. The Morgan fingerprint density at radius 3 is 2.48 bits per heavy atom. The van der Waals surface area contributed by atoms with Crippen LogP contribution in [0.25, 0.3) is 0 Å². The second-order valence-electron chi connectivity index (χ2n) is 5.64. The highest BCUT2D eigenvalue weighted by Gasteiger charge is 2.10. The maximum atomic E-state index is 5.66. The van der Waals surface area contributed by atoms with Crippen molar-refractivity contribution in [3.63, 3.8) is 0 Å². The molecule has 0 aliphatic heterocycles. The fourth-order valence-corrected chi connectivity index (χ4v) is 2.54. The molecule has 0 aliphatic carbocycles. The topological polar surface area (TPSA) is 50.3 Å². The lowest BCUT2D eigenvalue weighted by atomic mass is 10.3. The van der Waals surface area contributed by atoms with E-state index >= 15 is 0 Å². The summed E-state index contributed by atoms with van der Waals surface area (Å²) in [6.45, 7) is 4.53. The van der Waals surface area contributed by atoms with Gasteiger partial charge >= 0.3 is 0 Å². The molecule has 0 unspecified atom stereocenters. The Morgan fingerprint density at radius 2 is 1.72 bits per heavy atom. The van der Waals surface area contributed by atoms with Crippen molar-refractivity contribution in [1.29, 1.82) is 0 Å². The molecule has 0 atom stereocenters. The summed E-state index contributed by atoms with van der Waals surface area (Å²) in [4.78, 5) is 11.2. The Kier molecular flexibility index (Phi) is 5.14. The molecule has 5 nitrogen and oxygen atoms in total. The van der Waals surface area contributed by atoms with Crippen LogP contribution in [0.3, 0.4) is 0 Å². The van der Waals surface area contributed by atoms with Gasteiger partial charge in [0.25, 0.3) is 0 Å². The lowest BCUT2D eigenvalue weighted by Crippen LogP contribution is -2.13. The lowest BCUT2D eigenvalue weighted by Gasteiger charge is -2.19. The fourth-order valence-electron chi connectivity index (χ4n) is 2.54. The molecule has 1 heterocycles. The van der Waals surface area contributed by atoms with Gasteiger partial charge in [0.05, 0.1) is 12.3 Å². The summed E-state index contributed by atoms with van der Waals surface area (Å²) in [5.41, 5.74) is 2.81. The average Bonchev–Trinajstić information content (AvgIpc) is 2.63. The Morgan fingerprint density at radius 1 is 1.00 bits per heavy atom. The van der Waals surface area contributed by atoms with Crippen LogP contribution < -0.4 is 15.0 Å². The standard InChI is InChI=1S/C20H22N4O/c1-4-25-18-13-9-8-12-17(18)22-20-21-15(2)14-19(23-20)24(3)16-10-6-5-7-11-16/h5-14H,4H2,1-3H3,(H,21,22,23). The molecule has 0 fully saturated rings. The molecule has 0 aliphatic rings. The highest BCUT2D eigenvalue weighted by molar-refractivity contribution is 5.65. The molecule has 0 radical (unpaired) electrons. The second kappa shape index (κ2) is 7.66. The van der Waals surface area contributed by atoms with Crippen LogP contribution in [0.4, 0.5) is 23.1 Å². The van der Waals surface area contributed by atoms with E-state index in [1.807, 2.05) is 74.3 Å². The lowest BCUT2D eigenvalue weighted by molar-refractivity contribution is 0.342. The molecule has 0 bridgehead atoms. The first-order valence-corrected chi connectivity index (χ1v) is 8.30. The number of anilines is 4. The molecule has 1 N–H and O–H groups in total. The zero-order valence-electron chi connectivity index (χ0n) is 14.7. The summed E-state index contributed by atoms with van der Waals surface area (Å²) in [6, 6.07) is 19.9. The quantitative estimate of drug-likeness (QED) is 0.708. The Bertz CT molecular complexity index is 836. The van der Waals surface area contributed by atoms with Gasteiger partial charge in [-0.3, -0.25) is 0 Å². The third-order valence-electron chi connectivity index (χ3n) is 3.76. The second-order valence-corrected chi connectivity index (χ2v) is 5.64.